The number of aliphatic imine (C=N–C) groups is 1. The maximum Gasteiger partial charge on any atom is 0.573 e. The molecular weight excluding hydrogens is 481 g/mol. The van der Waals surface area contributed by atoms with Crippen molar-refractivity contribution >= 4 is 29.9 Å². The van der Waals surface area contributed by atoms with Crippen LogP contribution < -0.4 is 20.5 Å². The van der Waals surface area contributed by atoms with Gasteiger partial charge in [0.15, 0.2) is 5.96 Å². The average Bonchev–Trinajstić information content (AvgIpc) is 2.57. The van der Waals surface area contributed by atoms with Crippen LogP contribution in [0, 0.1) is 5.82 Å². The Balaban J connectivity index is 0.00000364. The molecule has 0 saturated carbocycles. The molecule has 0 aliphatic rings. The molecule has 0 radical (unpaired) electrons. The fourth-order valence-electron chi connectivity index (χ4n) is 2.06. The third-order valence-corrected chi connectivity index (χ3v) is 3.23. The smallest absolute Gasteiger partial charge is 0.497 e. The summed E-state index contributed by atoms with van der Waals surface area (Å²) in [7, 11) is 1.43. The van der Waals surface area contributed by atoms with E-state index in [0.717, 1.165) is 0 Å². The van der Waals surface area contributed by atoms with Crippen molar-refractivity contribution in [2.45, 2.75) is 19.5 Å². The van der Waals surface area contributed by atoms with E-state index in [-0.39, 0.29) is 48.8 Å². The third kappa shape index (κ3) is 8.33. The standard InChI is InChI=1S/C17H17F4N3O2.HI/c1-25-15-7-12(6-13(18)8-15)10-24-16(22)23-9-11-2-4-14(5-3-11)26-17(19,20)21;/h2-8H,9-10H2,1H3,(H3,22,23,24);1H. The van der Waals surface area contributed by atoms with E-state index >= 15 is 0 Å². The minimum atomic E-state index is -4.73. The Morgan fingerprint density at radius 3 is 2.33 bits per heavy atom. The van der Waals surface area contributed by atoms with Crippen LogP contribution in [0.2, 0.25) is 0 Å². The van der Waals surface area contributed by atoms with Gasteiger partial charge in [-0.05, 0) is 35.4 Å². The Kier molecular flexibility index (Phi) is 8.60. The number of halogens is 5. The highest BCUT2D eigenvalue weighted by Gasteiger charge is 2.30. The van der Waals surface area contributed by atoms with Gasteiger partial charge >= 0.3 is 6.36 Å². The Labute approximate surface area is 170 Å². The highest BCUT2D eigenvalue weighted by Crippen LogP contribution is 2.22. The monoisotopic (exact) mass is 499 g/mol. The van der Waals surface area contributed by atoms with Gasteiger partial charge in [0.05, 0.1) is 13.7 Å². The van der Waals surface area contributed by atoms with Crippen LogP contribution >= 0.6 is 24.0 Å². The Bertz CT molecular complexity index is 768. The Morgan fingerprint density at radius 1 is 1.07 bits per heavy atom. The molecule has 0 aliphatic carbocycles. The van der Waals surface area contributed by atoms with Crippen molar-refractivity contribution in [1.82, 2.24) is 5.32 Å². The first-order chi connectivity index (χ1) is 12.2. The lowest BCUT2D eigenvalue weighted by molar-refractivity contribution is -0.274. The summed E-state index contributed by atoms with van der Waals surface area (Å²) in [5.74, 6) is -0.253. The minimum absolute atomic E-state index is 0. The molecule has 0 amide bonds. The first kappa shape index (κ1) is 22.8. The fourth-order valence-corrected chi connectivity index (χ4v) is 2.06. The number of benzene rings is 2. The molecule has 0 heterocycles. The predicted octanol–water partition coefficient (Wildman–Crippen LogP) is 3.96. The van der Waals surface area contributed by atoms with E-state index in [2.05, 4.69) is 15.0 Å². The molecule has 0 fully saturated rings. The van der Waals surface area contributed by atoms with E-state index in [9.17, 15) is 17.6 Å². The molecule has 0 spiro atoms. The largest absolute Gasteiger partial charge is 0.573 e. The van der Waals surface area contributed by atoms with Crippen LogP contribution in [0.4, 0.5) is 17.6 Å². The molecule has 0 aromatic heterocycles. The second-order valence-electron chi connectivity index (χ2n) is 5.25. The van der Waals surface area contributed by atoms with E-state index in [1.165, 1.54) is 43.5 Å². The SMILES string of the molecule is COc1cc(F)cc(CN=C(N)NCc2ccc(OC(F)(F)F)cc2)c1.I. The van der Waals surface area contributed by atoms with Crippen molar-refractivity contribution in [2.24, 2.45) is 10.7 Å². The molecule has 2 aromatic carbocycles. The van der Waals surface area contributed by atoms with Crippen LogP contribution in [0.5, 0.6) is 11.5 Å². The highest BCUT2D eigenvalue weighted by molar-refractivity contribution is 14.0. The van der Waals surface area contributed by atoms with Crippen LogP contribution in [0.25, 0.3) is 0 Å². The van der Waals surface area contributed by atoms with Crippen molar-refractivity contribution in [3.05, 3.63) is 59.4 Å². The van der Waals surface area contributed by atoms with Gasteiger partial charge in [-0.25, -0.2) is 9.38 Å². The Morgan fingerprint density at radius 2 is 1.74 bits per heavy atom. The summed E-state index contributed by atoms with van der Waals surface area (Å²) in [5.41, 5.74) is 7.00. The quantitative estimate of drug-likeness (QED) is 0.274. The molecule has 0 aliphatic heterocycles. The van der Waals surface area contributed by atoms with E-state index in [1.54, 1.807) is 6.07 Å². The summed E-state index contributed by atoms with van der Waals surface area (Å²) in [5, 5.41) is 2.82. The van der Waals surface area contributed by atoms with Gasteiger partial charge in [0, 0.05) is 12.6 Å². The summed E-state index contributed by atoms with van der Waals surface area (Å²) in [6, 6.07) is 9.56. The first-order valence-electron chi connectivity index (χ1n) is 7.47. The van der Waals surface area contributed by atoms with Crippen molar-refractivity contribution in [1.29, 1.82) is 0 Å². The minimum Gasteiger partial charge on any atom is -0.497 e. The summed E-state index contributed by atoms with van der Waals surface area (Å²) in [6.07, 6.45) is -4.73. The van der Waals surface area contributed by atoms with Gasteiger partial charge in [-0.3, -0.25) is 0 Å². The summed E-state index contributed by atoms with van der Waals surface area (Å²) in [4.78, 5) is 4.08. The summed E-state index contributed by atoms with van der Waals surface area (Å²) in [6.45, 7) is 0.402. The van der Waals surface area contributed by atoms with Crippen molar-refractivity contribution in [3.8, 4) is 11.5 Å². The van der Waals surface area contributed by atoms with E-state index in [1.807, 2.05) is 0 Å². The lowest BCUT2D eigenvalue weighted by Crippen LogP contribution is -2.31. The second kappa shape index (κ2) is 10.2. The van der Waals surface area contributed by atoms with Gasteiger partial charge in [0.25, 0.3) is 0 Å². The molecule has 0 saturated heterocycles. The van der Waals surface area contributed by atoms with Crippen LogP contribution in [-0.4, -0.2) is 19.4 Å². The molecule has 2 rings (SSSR count). The van der Waals surface area contributed by atoms with Crippen molar-refractivity contribution in [2.75, 3.05) is 7.11 Å². The molecule has 3 N–H and O–H groups in total. The average molecular weight is 499 g/mol. The van der Waals surface area contributed by atoms with E-state index in [0.29, 0.717) is 16.9 Å². The van der Waals surface area contributed by atoms with Gasteiger partial charge in [-0.1, -0.05) is 12.1 Å². The lowest BCUT2D eigenvalue weighted by Gasteiger charge is -2.10. The van der Waals surface area contributed by atoms with Gasteiger partial charge < -0.3 is 20.5 Å². The number of nitrogens with zero attached hydrogens (tertiary/aromatic N) is 1. The van der Waals surface area contributed by atoms with E-state index in [4.69, 9.17) is 10.5 Å². The van der Waals surface area contributed by atoms with Crippen LogP contribution in [-0.2, 0) is 13.1 Å². The zero-order valence-electron chi connectivity index (χ0n) is 14.2. The van der Waals surface area contributed by atoms with E-state index < -0.39 is 12.2 Å². The lowest BCUT2D eigenvalue weighted by atomic mass is 10.2. The number of methoxy groups -OCH3 is 1. The third-order valence-electron chi connectivity index (χ3n) is 3.23. The molecule has 0 atom stereocenters. The molecule has 10 heteroatoms. The molecule has 5 nitrogen and oxygen atoms in total. The maximum atomic E-state index is 13.4. The number of nitrogens with two attached hydrogens (primary N) is 1. The molecule has 0 unspecified atom stereocenters. The van der Waals surface area contributed by atoms with Crippen molar-refractivity contribution in [3.63, 3.8) is 0 Å². The topological polar surface area (TPSA) is 68.9 Å². The number of nitrogens with one attached hydrogen (secondary N) is 1. The number of hydrogen-bond acceptors (Lipinski definition) is 3. The number of alkyl halides is 3. The number of guanidine groups is 1. The first-order valence-corrected chi connectivity index (χ1v) is 7.47. The van der Waals surface area contributed by atoms with Gasteiger partial charge in [0.1, 0.15) is 17.3 Å². The second-order valence-corrected chi connectivity index (χ2v) is 5.25. The molecule has 2 aromatic rings. The zero-order valence-corrected chi connectivity index (χ0v) is 16.5. The van der Waals surface area contributed by atoms with Crippen LogP contribution in [0.1, 0.15) is 11.1 Å². The number of ether oxygens (including phenoxy) is 2. The van der Waals surface area contributed by atoms with Gasteiger partial charge in [-0.15, -0.1) is 37.1 Å². The van der Waals surface area contributed by atoms with Gasteiger partial charge in [-0.2, -0.15) is 0 Å². The maximum absolute atomic E-state index is 13.4. The predicted molar refractivity (Wildman–Crippen MR) is 104 cm³/mol. The van der Waals surface area contributed by atoms with Crippen LogP contribution in [0.15, 0.2) is 47.5 Å². The fraction of sp³-hybridized carbons (Fsp3) is 0.235. The molecular formula is C17H18F4IN3O2. The highest BCUT2D eigenvalue weighted by atomic mass is 127. The van der Waals surface area contributed by atoms with Crippen molar-refractivity contribution < 1.29 is 27.0 Å². The zero-order chi connectivity index (χ0) is 19.2. The number of rotatable bonds is 6. The number of hydrogen-bond donors (Lipinski definition) is 2. The molecule has 0 bridgehead atoms. The Hall–Kier alpha value is -2.24. The summed E-state index contributed by atoms with van der Waals surface area (Å²) >= 11 is 0. The normalized spacial score (nSPS) is 11.5. The van der Waals surface area contributed by atoms with Gasteiger partial charge in [0.2, 0.25) is 0 Å². The summed E-state index contributed by atoms with van der Waals surface area (Å²) < 4.78 is 58.4. The molecule has 148 valence electrons. The van der Waals surface area contributed by atoms with Crippen LogP contribution in [0.3, 0.4) is 0 Å². The molecule has 27 heavy (non-hydrogen) atoms.